The van der Waals surface area contributed by atoms with E-state index in [9.17, 15) is 14.4 Å². The number of hydrogen-bond acceptors (Lipinski definition) is 7. The highest BCUT2D eigenvalue weighted by atomic mass is 32.1. The molecule has 2 saturated heterocycles. The van der Waals surface area contributed by atoms with E-state index >= 15 is 0 Å². The summed E-state index contributed by atoms with van der Waals surface area (Å²) in [6.07, 6.45) is 1.38. The van der Waals surface area contributed by atoms with Gasteiger partial charge in [0.2, 0.25) is 0 Å². The van der Waals surface area contributed by atoms with E-state index in [0.29, 0.717) is 72.0 Å². The lowest BCUT2D eigenvalue weighted by Crippen LogP contribution is -2.53. The number of esters is 1. The molecule has 1 aromatic rings. The molecule has 0 saturated carbocycles. The van der Waals surface area contributed by atoms with Crippen LogP contribution in [0.4, 0.5) is 5.00 Å². The predicted molar refractivity (Wildman–Crippen MR) is 131 cm³/mol. The summed E-state index contributed by atoms with van der Waals surface area (Å²) >= 11 is 6.82. The van der Waals surface area contributed by atoms with Crippen LogP contribution in [0.15, 0.2) is 0 Å². The molecule has 0 spiro atoms. The van der Waals surface area contributed by atoms with Gasteiger partial charge < -0.3 is 29.5 Å². The molecule has 0 bridgehead atoms. The van der Waals surface area contributed by atoms with Gasteiger partial charge in [0, 0.05) is 45.9 Å². The van der Waals surface area contributed by atoms with Gasteiger partial charge in [0.05, 0.1) is 17.6 Å². The molecule has 11 heteroatoms. The van der Waals surface area contributed by atoms with Gasteiger partial charge in [-0.15, -0.1) is 11.3 Å². The Morgan fingerprint density at radius 1 is 1.18 bits per heavy atom. The summed E-state index contributed by atoms with van der Waals surface area (Å²) in [4.78, 5) is 44.1. The molecule has 2 aliphatic rings. The van der Waals surface area contributed by atoms with Crippen LogP contribution in [0, 0.1) is 6.92 Å². The zero-order chi connectivity index (χ0) is 24.1. The predicted octanol–water partition coefficient (Wildman–Crippen LogP) is 2.35. The van der Waals surface area contributed by atoms with Gasteiger partial charge in [-0.2, -0.15) is 0 Å². The number of methoxy groups -OCH3 is 1. The first-order chi connectivity index (χ1) is 15.8. The number of hydrogen-bond donors (Lipinski definition) is 1. The van der Waals surface area contributed by atoms with Crippen LogP contribution in [0.25, 0.3) is 0 Å². The number of nitrogens with zero attached hydrogens (tertiary/aromatic N) is 3. The topological polar surface area (TPSA) is 91.4 Å². The Labute approximate surface area is 204 Å². The molecule has 9 nitrogen and oxygen atoms in total. The van der Waals surface area contributed by atoms with Crippen molar-refractivity contribution >= 4 is 51.5 Å². The normalized spacial score (nSPS) is 18.2. The minimum absolute atomic E-state index is 0.0486. The first kappa shape index (κ1) is 25.4. The molecule has 1 N–H and O–H groups in total. The van der Waals surface area contributed by atoms with Gasteiger partial charge in [0.1, 0.15) is 11.1 Å². The van der Waals surface area contributed by atoms with Crippen LogP contribution in [-0.2, 0) is 14.3 Å². The monoisotopic (exact) mass is 496 g/mol. The minimum Gasteiger partial charge on any atom is -0.465 e. The lowest BCUT2D eigenvalue weighted by atomic mass is 10.1. The van der Waals surface area contributed by atoms with Crippen molar-refractivity contribution in [3.8, 4) is 0 Å². The van der Waals surface area contributed by atoms with Crippen LogP contribution >= 0.6 is 23.6 Å². The number of nitrogens with one attached hydrogen (secondary N) is 1. The zero-order valence-corrected chi connectivity index (χ0v) is 21.3. The Hall–Kier alpha value is -2.24. The molecule has 0 unspecified atom stereocenters. The third-order valence-corrected chi connectivity index (χ3v) is 7.64. The maximum atomic E-state index is 13.0. The molecule has 2 fully saturated rings. The molecular weight excluding hydrogens is 464 g/mol. The van der Waals surface area contributed by atoms with Gasteiger partial charge in [-0.25, -0.2) is 4.79 Å². The number of rotatable bonds is 6. The average Bonchev–Trinajstić information content (AvgIpc) is 3.47. The van der Waals surface area contributed by atoms with E-state index in [2.05, 4.69) is 5.32 Å². The molecule has 182 valence electrons. The fourth-order valence-electron chi connectivity index (χ4n) is 4.09. The summed E-state index contributed by atoms with van der Waals surface area (Å²) in [5.74, 6) is -0.583. The third-order valence-electron chi connectivity index (χ3n) is 6.09. The molecule has 0 radical (unpaired) electrons. The van der Waals surface area contributed by atoms with E-state index in [0.717, 1.165) is 12.8 Å². The zero-order valence-electron chi connectivity index (χ0n) is 19.6. The quantitative estimate of drug-likeness (QED) is 0.474. The number of thiophene rings is 1. The van der Waals surface area contributed by atoms with E-state index in [-0.39, 0.29) is 17.9 Å². The SMILES string of the molecule is CCN(CC)C(=O)c1sc(NC(=S)N2CCN(C(=O)[C@H]3CCCO3)CC2)c(C(=O)OC)c1C. The van der Waals surface area contributed by atoms with E-state index in [4.69, 9.17) is 21.7 Å². The first-order valence-corrected chi connectivity index (χ1v) is 12.5. The fourth-order valence-corrected chi connectivity index (χ4v) is 5.60. The third kappa shape index (κ3) is 5.47. The summed E-state index contributed by atoms with van der Waals surface area (Å²) in [7, 11) is 1.32. The van der Waals surface area contributed by atoms with Crippen molar-refractivity contribution in [1.82, 2.24) is 14.7 Å². The van der Waals surface area contributed by atoms with Gasteiger partial charge in [0.15, 0.2) is 5.11 Å². The lowest BCUT2D eigenvalue weighted by Gasteiger charge is -2.37. The number of carbonyl (C=O) groups excluding carboxylic acids is 3. The second-order valence-corrected chi connectivity index (χ2v) is 9.38. The largest absolute Gasteiger partial charge is 0.465 e. The maximum Gasteiger partial charge on any atom is 0.341 e. The van der Waals surface area contributed by atoms with E-state index < -0.39 is 5.97 Å². The van der Waals surface area contributed by atoms with E-state index in [1.807, 2.05) is 23.6 Å². The number of ether oxygens (including phenoxy) is 2. The standard InChI is InChI=1S/C22H32N4O5S2/c1-5-24(6-2)20(28)17-14(3)16(21(29)30-4)18(33-17)23-22(32)26-11-9-25(10-12-26)19(27)15-8-7-13-31-15/h15H,5-13H2,1-4H3,(H,23,32)/t15-/m1/s1. The molecule has 2 amide bonds. The number of amides is 2. The molecular formula is C22H32N4O5S2. The van der Waals surface area contributed by atoms with Crippen LogP contribution < -0.4 is 5.32 Å². The van der Waals surface area contributed by atoms with Crippen molar-refractivity contribution in [2.24, 2.45) is 0 Å². The molecule has 0 aromatic carbocycles. The highest BCUT2D eigenvalue weighted by Gasteiger charge is 2.32. The Morgan fingerprint density at radius 2 is 1.82 bits per heavy atom. The van der Waals surface area contributed by atoms with Gasteiger partial charge in [-0.3, -0.25) is 9.59 Å². The molecule has 33 heavy (non-hydrogen) atoms. The van der Waals surface area contributed by atoms with E-state index in [1.165, 1.54) is 18.4 Å². The van der Waals surface area contributed by atoms with E-state index in [1.54, 1.807) is 11.8 Å². The Kier molecular flexibility index (Phi) is 8.66. The molecule has 1 atom stereocenters. The van der Waals surface area contributed by atoms with Crippen molar-refractivity contribution in [2.45, 2.75) is 39.7 Å². The number of carbonyl (C=O) groups is 3. The van der Waals surface area contributed by atoms with Crippen LogP contribution in [0.1, 0.15) is 52.3 Å². The van der Waals surface area contributed by atoms with Crippen molar-refractivity contribution in [3.63, 3.8) is 0 Å². The summed E-state index contributed by atoms with van der Waals surface area (Å²) in [6.45, 7) is 9.66. The average molecular weight is 497 g/mol. The summed E-state index contributed by atoms with van der Waals surface area (Å²) in [5, 5.41) is 4.11. The van der Waals surface area contributed by atoms with Gasteiger partial charge in [-0.1, -0.05) is 0 Å². The lowest BCUT2D eigenvalue weighted by molar-refractivity contribution is -0.142. The first-order valence-electron chi connectivity index (χ1n) is 11.3. The molecule has 3 heterocycles. The van der Waals surface area contributed by atoms with Crippen molar-refractivity contribution in [3.05, 3.63) is 16.0 Å². The van der Waals surface area contributed by atoms with Crippen LogP contribution in [0.2, 0.25) is 0 Å². The van der Waals surface area contributed by atoms with Gasteiger partial charge in [-0.05, 0) is 51.4 Å². The Balaban J connectivity index is 1.71. The summed E-state index contributed by atoms with van der Waals surface area (Å²) in [6, 6.07) is 0. The van der Waals surface area contributed by atoms with Crippen LogP contribution in [0.5, 0.6) is 0 Å². The maximum absolute atomic E-state index is 13.0. The highest BCUT2D eigenvalue weighted by Crippen LogP contribution is 2.35. The van der Waals surface area contributed by atoms with Crippen molar-refractivity contribution in [2.75, 3.05) is 58.3 Å². The van der Waals surface area contributed by atoms with Crippen molar-refractivity contribution in [1.29, 1.82) is 0 Å². The highest BCUT2D eigenvalue weighted by molar-refractivity contribution is 7.80. The Morgan fingerprint density at radius 3 is 2.36 bits per heavy atom. The molecule has 1 aromatic heterocycles. The summed E-state index contributed by atoms with van der Waals surface area (Å²) in [5.41, 5.74) is 0.911. The van der Waals surface area contributed by atoms with Crippen LogP contribution in [-0.4, -0.2) is 96.7 Å². The Bertz CT molecular complexity index is 901. The number of thiocarbonyl (C=S) groups is 1. The minimum atomic E-state index is -0.514. The second kappa shape index (κ2) is 11.3. The van der Waals surface area contributed by atoms with Crippen molar-refractivity contribution < 1.29 is 23.9 Å². The van der Waals surface area contributed by atoms with Gasteiger partial charge >= 0.3 is 5.97 Å². The van der Waals surface area contributed by atoms with Crippen LogP contribution in [0.3, 0.4) is 0 Å². The molecule has 0 aliphatic carbocycles. The molecule has 3 rings (SSSR count). The number of piperazine rings is 1. The fraction of sp³-hybridized carbons (Fsp3) is 0.636. The second-order valence-electron chi connectivity index (χ2n) is 7.97. The number of anilines is 1. The summed E-state index contributed by atoms with van der Waals surface area (Å²) < 4.78 is 10.5. The molecule has 2 aliphatic heterocycles. The smallest absolute Gasteiger partial charge is 0.341 e. The van der Waals surface area contributed by atoms with Gasteiger partial charge in [0.25, 0.3) is 11.8 Å².